The average Bonchev–Trinajstić information content (AvgIpc) is 2.22. The highest BCUT2D eigenvalue weighted by Gasteiger charge is 1.99. The summed E-state index contributed by atoms with van der Waals surface area (Å²) in [6, 6.07) is 0. The van der Waals surface area contributed by atoms with E-state index in [1.165, 1.54) is 25.7 Å². The van der Waals surface area contributed by atoms with E-state index in [1.807, 2.05) is 0 Å². The minimum atomic E-state index is 0.167. The van der Waals surface area contributed by atoms with Crippen molar-refractivity contribution in [2.45, 2.75) is 45.4 Å². The number of unbranched alkanes of at least 4 members (excludes halogenated alkanes) is 4. The van der Waals surface area contributed by atoms with Gasteiger partial charge in [-0.05, 0) is 12.8 Å². The monoisotopic (exact) mass is 201 g/mol. The van der Waals surface area contributed by atoms with Gasteiger partial charge in [0.25, 0.3) is 0 Å². The number of hydrogen-bond acceptors (Lipinski definition) is 2. The second-order valence-corrected chi connectivity index (χ2v) is 3.63. The number of amides is 1. The number of aliphatic hydroxyl groups excluding tert-OH is 1. The molecule has 0 aliphatic heterocycles. The maximum Gasteiger partial charge on any atom is 0.209 e. The molecule has 0 unspecified atom stereocenters. The Hall–Kier alpha value is -0.570. The van der Waals surface area contributed by atoms with Gasteiger partial charge in [0, 0.05) is 19.7 Å². The molecule has 1 amide bonds. The molecular formula is C11H23NO2. The molecule has 1 N–H and O–H groups in total. The molecule has 0 saturated carbocycles. The predicted octanol–water partition coefficient (Wildman–Crippen LogP) is 1.80. The number of carbonyl (C=O) groups is 1. The van der Waals surface area contributed by atoms with E-state index in [4.69, 9.17) is 5.11 Å². The molecule has 0 aromatic carbocycles. The first-order valence-corrected chi connectivity index (χ1v) is 5.65. The first kappa shape index (κ1) is 13.4. The van der Waals surface area contributed by atoms with Crippen LogP contribution >= 0.6 is 0 Å². The highest BCUT2D eigenvalue weighted by molar-refractivity contribution is 5.46. The van der Waals surface area contributed by atoms with E-state index in [2.05, 4.69) is 6.92 Å². The van der Waals surface area contributed by atoms with Crippen LogP contribution in [0.3, 0.4) is 0 Å². The Morgan fingerprint density at radius 3 is 2.29 bits per heavy atom. The van der Waals surface area contributed by atoms with E-state index in [9.17, 15) is 4.79 Å². The minimum Gasteiger partial charge on any atom is -0.396 e. The summed E-state index contributed by atoms with van der Waals surface area (Å²) in [5, 5.41) is 8.61. The summed E-state index contributed by atoms with van der Waals surface area (Å²) in [4.78, 5) is 12.3. The van der Waals surface area contributed by atoms with E-state index in [0.29, 0.717) is 13.0 Å². The lowest BCUT2D eigenvalue weighted by atomic mass is 10.1. The molecular weight excluding hydrogens is 178 g/mol. The van der Waals surface area contributed by atoms with Crippen LogP contribution in [0.25, 0.3) is 0 Å². The Labute approximate surface area is 87.1 Å². The van der Waals surface area contributed by atoms with Crippen molar-refractivity contribution in [1.82, 2.24) is 4.90 Å². The van der Waals surface area contributed by atoms with Gasteiger partial charge in [-0.1, -0.05) is 32.6 Å². The van der Waals surface area contributed by atoms with Gasteiger partial charge in [0.15, 0.2) is 0 Å². The zero-order valence-corrected chi connectivity index (χ0v) is 9.24. The van der Waals surface area contributed by atoms with Crippen LogP contribution in [0.4, 0.5) is 0 Å². The molecule has 0 aliphatic carbocycles. The summed E-state index contributed by atoms with van der Waals surface area (Å²) in [5.41, 5.74) is 0. The first-order chi connectivity index (χ1) is 6.85. The third-order valence-electron chi connectivity index (χ3n) is 2.30. The van der Waals surface area contributed by atoms with E-state index in [-0.39, 0.29) is 6.61 Å². The van der Waals surface area contributed by atoms with Gasteiger partial charge < -0.3 is 10.0 Å². The molecule has 0 rings (SSSR count). The van der Waals surface area contributed by atoms with Crippen LogP contribution in [0.15, 0.2) is 0 Å². The smallest absolute Gasteiger partial charge is 0.209 e. The van der Waals surface area contributed by atoms with E-state index < -0.39 is 0 Å². The first-order valence-electron chi connectivity index (χ1n) is 5.65. The van der Waals surface area contributed by atoms with Crippen LogP contribution in [-0.4, -0.2) is 36.1 Å². The van der Waals surface area contributed by atoms with Gasteiger partial charge in [-0.15, -0.1) is 0 Å². The van der Waals surface area contributed by atoms with Gasteiger partial charge in [0.2, 0.25) is 6.41 Å². The van der Waals surface area contributed by atoms with Crippen LogP contribution in [0.2, 0.25) is 0 Å². The van der Waals surface area contributed by atoms with Gasteiger partial charge in [-0.3, -0.25) is 4.79 Å². The van der Waals surface area contributed by atoms with Crippen molar-refractivity contribution >= 4 is 6.41 Å². The molecule has 0 aliphatic rings. The zero-order chi connectivity index (χ0) is 10.6. The highest BCUT2D eigenvalue weighted by atomic mass is 16.3. The Balaban J connectivity index is 3.28. The van der Waals surface area contributed by atoms with Crippen LogP contribution in [0.1, 0.15) is 45.4 Å². The summed E-state index contributed by atoms with van der Waals surface area (Å²) >= 11 is 0. The Morgan fingerprint density at radius 1 is 1.07 bits per heavy atom. The third kappa shape index (κ3) is 8.05. The molecule has 3 nitrogen and oxygen atoms in total. The Bertz CT molecular complexity index is 128. The van der Waals surface area contributed by atoms with E-state index in [0.717, 1.165) is 19.4 Å². The van der Waals surface area contributed by atoms with Gasteiger partial charge in [-0.2, -0.15) is 0 Å². The number of aliphatic hydroxyl groups is 1. The van der Waals surface area contributed by atoms with Crippen molar-refractivity contribution in [2.75, 3.05) is 19.7 Å². The quantitative estimate of drug-likeness (QED) is 0.432. The number of nitrogens with zero attached hydrogens (tertiary/aromatic N) is 1. The fourth-order valence-corrected chi connectivity index (χ4v) is 1.41. The minimum absolute atomic E-state index is 0.167. The molecule has 84 valence electrons. The topological polar surface area (TPSA) is 40.5 Å². The van der Waals surface area contributed by atoms with Crippen LogP contribution in [-0.2, 0) is 4.79 Å². The predicted molar refractivity (Wildman–Crippen MR) is 58.1 cm³/mol. The van der Waals surface area contributed by atoms with Crippen LogP contribution in [0, 0.1) is 0 Å². The van der Waals surface area contributed by atoms with E-state index in [1.54, 1.807) is 4.90 Å². The van der Waals surface area contributed by atoms with Crippen molar-refractivity contribution in [3.63, 3.8) is 0 Å². The van der Waals surface area contributed by atoms with Crippen molar-refractivity contribution in [1.29, 1.82) is 0 Å². The van der Waals surface area contributed by atoms with Crippen molar-refractivity contribution < 1.29 is 9.90 Å². The maximum absolute atomic E-state index is 10.6. The molecule has 14 heavy (non-hydrogen) atoms. The number of rotatable bonds is 10. The highest BCUT2D eigenvalue weighted by Crippen LogP contribution is 2.03. The number of hydrogen-bond donors (Lipinski definition) is 1. The molecule has 0 aromatic heterocycles. The van der Waals surface area contributed by atoms with Crippen molar-refractivity contribution in [3.05, 3.63) is 0 Å². The molecule has 0 atom stereocenters. The molecule has 0 bridgehead atoms. The molecule has 3 heteroatoms. The van der Waals surface area contributed by atoms with Gasteiger partial charge in [-0.25, -0.2) is 0 Å². The van der Waals surface area contributed by atoms with Gasteiger partial charge >= 0.3 is 0 Å². The Kier molecular flexibility index (Phi) is 10.1. The third-order valence-corrected chi connectivity index (χ3v) is 2.30. The SMILES string of the molecule is CCCCCCCN(C=O)CCCO. The summed E-state index contributed by atoms with van der Waals surface area (Å²) in [5.74, 6) is 0. The summed E-state index contributed by atoms with van der Waals surface area (Å²) < 4.78 is 0. The molecule has 0 radical (unpaired) electrons. The summed E-state index contributed by atoms with van der Waals surface area (Å²) in [6.07, 6.45) is 7.67. The summed E-state index contributed by atoms with van der Waals surface area (Å²) in [7, 11) is 0. The largest absolute Gasteiger partial charge is 0.396 e. The van der Waals surface area contributed by atoms with Crippen molar-refractivity contribution in [2.24, 2.45) is 0 Å². The molecule has 0 spiro atoms. The lowest BCUT2D eigenvalue weighted by Gasteiger charge is -2.16. The average molecular weight is 201 g/mol. The molecule has 0 aromatic rings. The molecule has 0 fully saturated rings. The van der Waals surface area contributed by atoms with Gasteiger partial charge in [0.05, 0.1) is 0 Å². The second-order valence-electron chi connectivity index (χ2n) is 3.63. The van der Waals surface area contributed by atoms with Crippen LogP contribution < -0.4 is 0 Å². The fraction of sp³-hybridized carbons (Fsp3) is 0.909. The van der Waals surface area contributed by atoms with Gasteiger partial charge in [0.1, 0.15) is 0 Å². The second kappa shape index (κ2) is 10.5. The fourth-order valence-electron chi connectivity index (χ4n) is 1.41. The lowest BCUT2D eigenvalue weighted by Crippen LogP contribution is -2.24. The Morgan fingerprint density at radius 2 is 1.71 bits per heavy atom. The van der Waals surface area contributed by atoms with E-state index >= 15 is 0 Å². The maximum atomic E-state index is 10.6. The van der Waals surface area contributed by atoms with Crippen molar-refractivity contribution in [3.8, 4) is 0 Å². The normalized spacial score (nSPS) is 10.1. The zero-order valence-electron chi connectivity index (χ0n) is 9.24. The molecule has 0 saturated heterocycles. The lowest BCUT2D eigenvalue weighted by molar-refractivity contribution is -0.118. The summed E-state index contributed by atoms with van der Waals surface area (Å²) in [6.45, 7) is 3.89. The number of carbonyl (C=O) groups excluding carboxylic acids is 1. The standard InChI is InChI=1S/C11H23NO2/c1-2-3-4-5-6-8-12(11-14)9-7-10-13/h11,13H,2-10H2,1H3. The van der Waals surface area contributed by atoms with Crippen LogP contribution in [0.5, 0.6) is 0 Å². The molecule has 0 heterocycles.